The van der Waals surface area contributed by atoms with Gasteiger partial charge < -0.3 is 20.9 Å². The van der Waals surface area contributed by atoms with E-state index in [1.165, 1.54) is 0 Å². The minimum atomic E-state index is -0.304. The molecule has 0 aromatic heterocycles. The standard InChI is InChI=1S/C12H18N2O3/c1-2-9-3-4-11(15)10(7-9)14-12(16)8-17-6-5-13/h3-4,7,15H,2,5-6,8,13H2,1H3,(H,14,16). The Morgan fingerprint density at radius 1 is 1.53 bits per heavy atom. The van der Waals surface area contributed by atoms with Crippen molar-refractivity contribution in [2.45, 2.75) is 13.3 Å². The molecule has 0 aliphatic heterocycles. The molecule has 5 nitrogen and oxygen atoms in total. The van der Waals surface area contributed by atoms with E-state index in [-0.39, 0.29) is 18.3 Å². The number of ether oxygens (including phenoxy) is 1. The van der Waals surface area contributed by atoms with Gasteiger partial charge in [0, 0.05) is 6.54 Å². The third-order valence-corrected chi connectivity index (χ3v) is 2.24. The summed E-state index contributed by atoms with van der Waals surface area (Å²) in [7, 11) is 0. The van der Waals surface area contributed by atoms with E-state index in [0.717, 1.165) is 12.0 Å². The average molecular weight is 238 g/mol. The fourth-order valence-electron chi connectivity index (χ4n) is 1.34. The van der Waals surface area contributed by atoms with Crippen LogP contribution in [0.15, 0.2) is 18.2 Å². The van der Waals surface area contributed by atoms with E-state index in [1.807, 2.05) is 13.0 Å². The summed E-state index contributed by atoms with van der Waals surface area (Å²) in [5, 5.41) is 12.2. The lowest BCUT2D eigenvalue weighted by Gasteiger charge is -2.09. The van der Waals surface area contributed by atoms with Crippen molar-refractivity contribution < 1.29 is 14.6 Å². The lowest BCUT2D eigenvalue weighted by molar-refractivity contribution is -0.120. The Balaban J connectivity index is 2.57. The smallest absolute Gasteiger partial charge is 0.250 e. The number of carbonyl (C=O) groups is 1. The SMILES string of the molecule is CCc1ccc(O)c(NC(=O)COCCN)c1. The molecule has 0 spiro atoms. The van der Waals surface area contributed by atoms with Crippen molar-refractivity contribution >= 4 is 11.6 Å². The Labute approximate surface area is 101 Å². The molecule has 0 fully saturated rings. The summed E-state index contributed by atoms with van der Waals surface area (Å²) in [6, 6.07) is 5.13. The molecule has 0 unspecified atom stereocenters. The molecule has 0 bridgehead atoms. The van der Waals surface area contributed by atoms with E-state index < -0.39 is 0 Å². The second kappa shape index (κ2) is 6.88. The second-order valence-electron chi connectivity index (χ2n) is 3.59. The number of rotatable bonds is 6. The van der Waals surface area contributed by atoms with Crippen LogP contribution in [-0.4, -0.2) is 30.8 Å². The van der Waals surface area contributed by atoms with Crippen LogP contribution in [0, 0.1) is 0 Å². The van der Waals surface area contributed by atoms with Gasteiger partial charge in [-0.05, 0) is 24.1 Å². The largest absolute Gasteiger partial charge is 0.506 e. The van der Waals surface area contributed by atoms with Crippen LogP contribution in [0.25, 0.3) is 0 Å². The zero-order valence-corrected chi connectivity index (χ0v) is 9.90. The lowest BCUT2D eigenvalue weighted by Crippen LogP contribution is -2.20. The van der Waals surface area contributed by atoms with Crippen molar-refractivity contribution in [3.8, 4) is 5.75 Å². The van der Waals surface area contributed by atoms with Crippen molar-refractivity contribution in [2.24, 2.45) is 5.73 Å². The van der Waals surface area contributed by atoms with Gasteiger partial charge in [-0.1, -0.05) is 13.0 Å². The van der Waals surface area contributed by atoms with Gasteiger partial charge in [0.2, 0.25) is 5.91 Å². The summed E-state index contributed by atoms with van der Waals surface area (Å²) in [4.78, 5) is 11.5. The van der Waals surface area contributed by atoms with Gasteiger partial charge in [0.15, 0.2) is 0 Å². The van der Waals surface area contributed by atoms with Crippen molar-refractivity contribution in [1.82, 2.24) is 0 Å². The number of benzene rings is 1. The molecular weight excluding hydrogens is 220 g/mol. The monoisotopic (exact) mass is 238 g/mol. The number of phenols is 1. The van der Waals surface area contributed by atoms with Gasteiger partial charge in [-0.3, -0.25) is 4.79 Å². The molecule has 0 saturated carbocycles. The molecule has 0 aliphatic rings. The van der Waals surface area contributed by atoms with E-state index in [1.54, 1.807) is 12.1 Å². The first kappa shape index (κ1) is 13.5. The normalized spacial score (nSPS) is 10.2. The van der Waals surface area contributed by atoms with E-state index >= 15 is 0 Å². The quantitative estimate of drug-likeness (QED) is 0.507. The van der Waals surface area contributed by atoms with Crippen molar-refractivity contribution in [3.63, 3.8) is 0 Å². The maximum atomic E-state index is 11.5. The predicted molar refractivity (Wildman–Crippen MR) is 66.0 cm³/mol. The number of nitrogens with one attached hydrogen (secondary N) is 1. The molecule has 4 N–H and O–H groups in total. The Hall–Kier alpha value is -1.59. The number of nitrogens with two attached hydrogens (primary N) is 1. The number of phenolic OH excluding ortho intramolecular Hbond substituents is 1. The number of hydrogen-bond acceptors (Lipinski definition) is 4. The predicted octanol–water partition coefficient (Wildman–Crippen LogP) is 0.868. The molecular formula is C12H18N2O3. The summed E-state index contributed by atoms with van der Waals surface area (Å²) in [5.74, 6) is -0.253. The highest BCUT2D eigenvalue weighted by Crippen LogP contribution is 2.24. The van der Waals surface area contributed by atoms with Crippen LogP contribution in [-0.2, 0) is 16.0 Å². The summed E-state index contributed by atoms with van der Waals surface area (Å²) in [6.45, 7) is 2.66. The molecule has 1 rings (SSSR count). The van der Waals surface area contributed by atoms with Gasteiger partial charge in [-0.2, -0.15) is 0 Å². The van der Waals surface area contributed by atoms with Crippen molar-refractivity contribution in [1.29, 1.82) is 0 Å². The third-order valence-electron chi connectivity index (χ3n) is 2.24. The first-order valence-corrected chi connectivity index (χ1v) is 5.57. The van der Waals surface area contributed by atoms with Crippen molar-refractivity contribution in [2.75, 3.05) is 25.1 Å². The summed E-state index contributed by atoms with van der Waals surface area (Å²) in [6.07, 6.45) is 0.840. The zero-order valence-electron chi connectivity index (χ0n) is 9.90. The van der Waals surface area contributed by atoms with Gasteiger partial charge in [0.05, 0.1) is 12.3 Å². The maximum Gasteiger partial charge on any atom is 0.250 e. The zero-order chi connectivity index (χ0) is 12.7. The summed E-state index contributed by atoms with van der Waals surface area (Å²) < 4.78 is 4.99. The number of carbonyl (C=O) groups excluding carboxylic acids is 1. The van der Waals surface area contributed by atoms with Crippen LogP contribution in [0.5, 0.6) is 5.75 Å². The Kier molecular flexibility index (Phi) is 5.45. The molecule has 1 amide bonds. The number of aryl methyl sites for hydroxylation is 1. The van der Waals surface area contributed by atoms with Gasteiger partial charge in [0.25, 0.3) is 0 Å². The van der Waals surface area contributed by atoms with Crippen LogP contribution in [0.3, 0.4) is 0 Å². The van der Waals surface area contributed by atoms with Crippen LogP contribution < -0.4 is 11.1 Å². The number of aromatic hydroxyl groups is 1. The Bertz CT molecular complexity index is 380. The molecule has 0 radical (unpaired) electrons. The fourth-order valence-corrected chi connectivity index (χ4v) is 1.34. The first-order chi connectivity index (χ1) is 8.17. The molecule has 0 heterocycles. The van der Waals surface area contributed by atoms with Crippen LogP contribution in [0.4, 0.5) is 5.69 Å². The molecule has 17 heavy (non-hydrogen) atoms. The number of anilines is 1. The van der Waals surface area contributed by atoms with Gasteiger partial charge >= 0.3 is 0 Å². The highest BCUT2D eigenvalue weighted by Gasteiger charge is 2.07. The summed E-state index contributed by atoms with van der Waals surface area (Å²) >= 11 is 0. The minimum absolute atomic E-state index is 0.0503. The second-order valence-corrected chi connectivity index (χ2v) is 3.59. The van der Waals surface area contributed by atoms with Gasteiger partial charge in [-0.15, -0.1) is 0 Å². The van der Waals surface area contributed by atoms with E-state index in [4.69, 9.17) is 10.5 Å². The van der Waals surface area contributed by atoms with Crippen LogP contribution >= 0.6 is 0 Å². The number of hydrogen-bond donors (Lipinski definition) is 3. The topological polar surface area (TPSA) is 84.6 Å². The fraction of sp³-hybridized carbons (Fsp3) is 0.417. The Morgan fingerprint density at radius 2 is 2.29 bits per heavy atom. The molecule has 1 aromatic rings. The number of amides is 1. The van der Waals surface area contributed by atoms with E-state index in [9.17, 15) is 9.90 Å². The van der Waals surface area contributed by atoms with E-state index in [2.05, 4.69) is 5.32 Å². The highest BCUT2D eigenvalue weighted by molar-refractivity contribution is 5.93. The van der Waals surface area contributed by atoms with Gasteiger partial charge in [0.1, 0.15) is 12.4 Å². The molecule has 0 aliphatic carbocycles. The first-order valence-electron chi connectivity index (χ1n) is 5.57. The average Bonchev–Trinajstić information content (AvgIpc) is 2.32. The van der Waals surface area contributed by atoms with Gasteiger partial charge in [-0.25, -0.2) is 0 Å². The van der Waals surface area contributed by atoms with Crippen LogP contribution in [0.1, 0.15) is 12.5 Å². The third kappa shape index (κ3) is 4.42. The minimum Gasteiger partial charge on any atom is -0.506 e. The van der Waals surface area contributed by atoms with Crippen molar-refractivity contribution in [3.05, 3.63) is 23.8 Å². The summed E-state index contributed by atoms with van der Waals surface area (Å²) in [5.41, 5.74) is 6.68. The molecule has 0 saturated heterocycles. The molecule has 1 aromatic carbocycles. The maximum absolute atomic E-state index is 11.5. The lowest BCUT2D eigenvalue weighted by atomic mass is 10.1. The molecule has 5 heteroatoms. The molecule has 0 atom stereocenters. The highest BCUT2D eigenvalue weighted by atomic mass is 16.5. The van der Waals surface area contributed by atoms with E-state index in [0.29, 0.717) is 18.8 Å². The Morgan fingerprint density at radius 3 is 2.94 bits per heavy atom. The van der Waals surface area contributed by atoms with Crippen LogP contribution in [0.2, 0.25) is 0 Å². The molecule has 94 valence electrons.